The summed E-state index contributed by atoms with van der Waals surface area (Å²) in [4.78, 5) is 0. The lowest BCUT2D eigenvalue weighted by Gasteiger charge is -2.23. The van der Waals surface area contributed by atoms with Gasteiger partial charge in [0.1, 0.15) is 5.76 Å². The van der Waals surface area contributed by atoms with Gasteiger partial charge in [0.15, 0.2) is 5.58 Å². The standard InChI is InChI=1S/C36H24N2O/c1-5-16-28-23(11-1)24-12-2-6-17-29(24)37(28)32-20-10-22-34-35(32)27-15-9-21-33(36(27)39-34)38-30-18-7-3-13-25(30)26-14-4-8-19-31(26)38/h1-19,21-22,32H,20H2. The Morgan fingerprint density at radius 3 is 1.67 bits per heavy atom. The normalized spacial score (nSPS) is 15.2. The summed E-state index contributed by atoms with van der Waals surface area (Å²) < 4.78 is 11.7. The number of benzene rings is 5. The lowest BCUT2D eigenvalue weighted by Crippen LogP contribution is -2.12. The summed E-state index contributed by atoms with van der Waals surface area (Å²) in [5, 5.41) is 6.28. The highest BCUT2D eigenvalue weighted by Crippen LogP contribution is 2.45. The number of nitrogens with zero attached hydrogens (tertiary/aromatic N) is 2. The van der Waals surface area contributed by atoms with Gasteiger partial charge in [-0.05, 0) is 42.8 Å². The number of rotatable bonds is 2. The zero-order valence-electron chi connectivity index (χ0n) is 21.2. The molecule has 3 aromatic heterocycles. The van der Waals surface area contributed by atoms with E-state index >= 15 is 0 Å². The number of aromatic nitrogens is 2. The quantitative estimate of drug-likeness (QED) is 0.232. The zero-order chi connectivity index (χ0) is 25.5. The number of hydrogen-bond acceptors (Lipinski definition) is 1. The molecule has 1 atom stereocenters. The van der Waals surface area contributed by atoms with Crippen LogP contribution < -0.4 is 0 Å². The van der Waals surface area contributed by atoms with Crippen molar-refractivity contribution in [2.24, 2.45) is 0 Å². The van der Waals surface area contributed by atoms with Crippen molar-refractivity contribution in [3.05, 3.63) is 133 Å². The van der Waals surface area contributed by atoms with Crippen LogP contribution in [0.5, 0.6) is 0 Å². The van der Waals surface area contributed by atoms with Crippen LogP contribution in [0.25, 0.3) is 66.3 Å². The van der Waals surface area contributed by atoms with E-state index in [2.05, 4.69) is 137 Å². The summed E-state index contributed by atoms with van der Waals surface area (Å²) in [6.45, 7) is 0. The molecule has 0 N–H and O–H groups in total. The van der Waals surface area contributed by atoms with E-state index < -0.39 is 0 Å². The molecule has 0 aliphatic heterocycles. The molecule has 3 heterocycles. The zero-order valence-corrected chi connectivity index (χ0v) is 21.2. The maximum absolute atomic E-state index is 6.77. The highest BCUT2D eigenvalue weighted by molar-refractivity contribution is 6.11. The lowest BCUT2D eigenvalue weighted by atomic mass is 9.94. The molecule has 0 amide bonds. The first kappa shape index (κ1) is 21.0. The first-order valence-corrected chi connectivity index (χ1v) is 13.6. The Morgan fingerprint density at radius 1 is 0.538 bits per heavy atom. The van der Waals surface area contributed by atoms with Gasteiger partial charge in [-0.15, -0.1) is 0 Å². The minimum Gasteiger partial charge on any atom is -0.454 e. The minimum absolute atomic E-state index is 0.143. The topological polar surface area (TPSA) is 23.0 Å². The van der Waals surface area contributed by atoms with Crippen molar-refractivity contribution in [2.75, 3.05) is 0 Å². The summed E-state index contributed by atoms with van der Waals surface area (Å²) in [6.07, 6.45) is 5.35. The van der Waals surface area contributed by atoms with Crippen molar-refractivity contribution >= 4 is 60.7 Å². The molecule has 0 saturated carbocycles. The second-order valence-corrected chi connectivity index (χ2v) is 10.5. The van der Waals surface area contributed by atoms with E-state index in [0.29, 0.717) is 0 Å². The fraction of sp³-hybridized carbons (Fsp3) is 0.0556. The Kier molecular flexibility index (Phi) is 4.17. The number of allylic oxidation sites excluding steroid dienone is 1. The molecule has 3 nitrogen and oxygen atoms in total. The van der Waals surface area contributed by atoms with E-state index in [1.165, 1.54) is 54.6 Å². The third kappa shape index (κ3) is 2.77. The van der Waals surface area contributed by atoms with Gasteiger partial charge in [0.2, 0.25) is 0 Å². The summed E-state index contributed by atoms with van der Waals surface area (Å²) >= 11 is 0. The highest BCUT2D eigenvalue weighted by atomic mass is 16.3. The van der Waals surface area contributed by atoms with Crippen molar-refractivity contribution in [1.29, 1.82) is 0 Å². The molecule has 184 valence electrons. The maximum atomic E-state index is 6.77. The van der Waals surface area contributed by atoms with E-state index in [-0.39, 0.29) is 6.04 Å². The van der Waals surface area contributed by atoms with Gasteiger partial charge in [-0.2, -0.15) is 0 Å². The fourth-order valence-electron chi connectivity index (χ4n) is 6.91. The number of fused-ring (bicyclic) bond motifs is 9. The fourth-order valence-corrected chi connectivity index (χ4v) is 6.91. The number of para-hydroxylation sites is 5. The predicted molar refractivity (Wildman–Crippen MR) is 162 cm³/mol. The molecule has 8 aromatic rings. The van der Waals surface area contributed by atoms with Crippen molar-refractivity contribution in [3.63, 3.8) is 0 Å². The summed E-state index contributed by atoms with van der Waals surface area (Å²) in [5.74, 6) is 0.955. The molecule has 0 fully saturated rings. The van der Waals surface area contributed by atoms with Gasteiger partial charge < -0.3 is 13.6 Å². The van der Waals surface area contributed by atoms with Crippen molar-refractivity contribution in [3.8, 4) is 5.69 Å². The summed E-state index contributed by atoms with van der Waals surface area (Å²) in [6, 6.07) is 41.6. The van der Waals surface area contributed by atoms with Crippen LogP contribution in [0.1, 0.15) is 23.8 Å². The number of hydrogen-bond donors (Lipinski definition) is 0. The molecular weight excluding hydrogens is 476 g/mol. The second-order valence-electron chi connectivity index (χ2n) is 10.5. The third-order valence-corrected chi connectivity index (χ3v) is 8.47. The maximum Gasteiger partial charge on any atom is 0.159 e. The Balaban J connectivity index is 1.36. The Bertz CT molecular complexity index is 2170. The van der Waals surface area contributed by atoms with Crippen molar-refractivity contribution in [1.82, 2.24) is 9.13 Å². The Labute approximate surface area is 224 Å². The molecule has 3 heteroatoms. The minimum atomic E-state index is 0.143. The molecule has 0 bridgehead atoms. The van der Waals surface area contributed by atoms with Gasteiger partial charge in [0.05, 0.1) is 22.8 Å². The predicted octanol–water partition coefficient (Wildman–Crippen LogP) is 9.64. The van der Waals surface area contributed by atoms with Crippen LogP contribution in [-0.4, -0.2) is 9.13 Å². The average molecular weight is 501 g/mol. The van der Waals surface area contributed by atoms with Gasteiger partial charge >= 0.3 is 0 Å². The van der Waals surface area contributed by atoms with Crippen LogP contribution in [0, 0.1) is 0 Å². The first-order chi connectivity index (χ1) is 19.4. The molecule has 5 aromatic carbocycles. The van der Waals surface area contributed by atoms with Gasteiger partial charge in [0, 0.05) is 43.5 Å². The van der Waals surface area contributed by atoms with Gasteiger partial charge in [0.25, 0.3) is 0 Å². The van der Waals surface area contributed by atoms with E-state index in [1.807, 2.05) is 0 Å². The van der Waals surface area contributed by atoms with Gasteiger partial charge in [-0.1, -0.05) is 91.0 Å². The van der Waals surface area contributed by atoms with E-state index in [1.54, 1.807) is 0 Å². The molecule has 0 spiro atoms. The first-order valence-electron chi connectivity index (χ1n) is 13.6. The molecule has 0 radical (unpaired) electrons. The molecule has 39 heavy (non-hydrogen) atoms. The van der Waals surface area contributed by atoms with Crippen LogP contribution in [0.2, 0.25) is 0 Å². The monoisotopic (exact) mass is 500 g/mol. The van der Waals surface area contributed by atoms with Crippen molar-refractivity contribution in [2.45, 2.75) is 12.5 Å². The summed E-state index contributed by atoms with van der Waals surface area (Å²) in [5.41, 5.74) is 8.18. The molecule has 1 aliphatic rings. The molecule has 9 rings (SSSR count). The van der Waals surface area contributed by atoms with Crippen LogP contribution in [-0.2, 0) is 0 Å². The number of furan rings is 1. The highest BCUT2D eigenvalue weighted by Gasteiger charge is 2.29. The lowest BCUT2D eigenvalue weighted by molar-refractivity contribution is 0.561. The smallest absolute Gasteiger partial charge is 0.159 e. The van der Waals surface area contributed by atoms with E-state index in [9.17, 15) is 0 Å². The third-order valence-electron chi connectivity index (χ3n) is 8.47. The average Bonchev–Trinajstić information content (AvgIpc) is 3.65. The molecule has 1 aliphatic carbocycles. The second kappa shape index (κ2) is 7.75. The van der Waals surface area contributed by atoms with Crippen LogP contribution in [0.15, 0.2) is 126 Å². The Morgan fingerprint density at radius 2 is 1.05 bits per heavy atom. The van der Waals surface area contributed by atoms with E-state index in [0.717, 1.165) is 23.5 Å². The summed E-state index contributed by atoms with van der Waals surface area (Å²) in [7, 11) is 0. The van der Waals surface area contributed by atoms with E-state index in [4.69, 9.17) is 4.42 Å². The largest absolute Gasteiger partial charge is 0.454 e. The Hall–Kier alpha value is -5.02. The molecule has 0 saturated heterocycles. The van der Waals surface area contributed by atoms with Gasteiger partial charge in [-0.25, -0.2) is 0 Å². The van der Waals surface area contributed by atoms with Crippen LogP contribution in [0.4, 0.5) is 0 Å². The van der Waals surface area contributed by atoms with Crippen molar-refractivity contribution < 1.29 is 4.42 Å². The molecule has 1 unspecified atom stereocenters. The molecular formula is C36H24N2O. The SMILES string of the molecule is C1=Cc2oc3c(-n4c5ccccc5c5ccccc54)cccc3c2C(n2c3ccccc3c3ccccc32)C1. The van der Waals surface area contributed by atoms with Gasteiger partial charge in [-0.3, -0.25) is 0 Å². The van der Waals surface area contributed by atoms with Crippen LogP contribution >= 0.6 is 0 Å². The van der Waals surface area contributed by atoms with Crippen LogP contribution in [0.3, 0.4) is 0 Å².